The van der Waals surface area contributed by atoms with Gasteiger partial charge in [0.1, 0.15) is 19.5 Å². The maximum atomic E-state index is 12.1. The van der Waals surface area contributed by atoms with Gasteiger partial charge in [-0.1, -0.05) is 24.3 Å². The minimum atomic E-state index is -0.193. The number of benzene rings is 1. The molecule has 1 aliphatic heterocycles. The molecule has 2 aliphatic rings. The van der Waals surface area contributed by atoms with Gasteiger partial charge in [-0.05, 0) is 30.4 Å². The van der Waals surface area contributed by atoms with Crippen LogP contribution in [0.2, 0.25) is 0 Å². The number of rotatable bonds is 2. The van der Waals surface area contributed by atoms with Gasteiger partial charge in [0.15, 0.2) is 0 Å². The summed E-state index contributed by atoms with van der Waals surface area (Å²) in [5.74, 6) is 0.0794. The summed E-state index contributed by atoms with van der Waals surface area (Å²) in [6, 6.07) is 8.36. The highest BCUT2D eigenvalue weighted by Crippen LogP contribution is 2.29. The first-order chi connectivity index (χ1) is 9.34. The third-order valence-corrected chi connectivity index (χ3v) is 3.55. The molecule has 19 heavy (non-hydrogen) atoms. The van der Waals surface area contributed by atoms with Gasteiger partial charge < -0.3 is 14.8 Å². The van der Waals surface area contributed by atoms with Crippen molar-refractivity contribution >= 4 is 5.91 Å². The van der Waals surface area contributed by atoms with E-state index in [-0.39, 0.29) is 17.7 Å². The lowest BCUT2D eigenvalue weighted by atomic mass is 9.88. The largest absolute Gasteiger partial charge is 0.494 e. The molecule has 4 heteroatoms. The van der Waals surface area contributed by atoms with E-state index in [2.05, 4.69) is 17.4 Å². The molecule has 0 radical (unpaired) electrons. The van der Waals surface area contributed by atoms with E-state index < -0.39 is 0 Å². The molecule has 1 aliphatic carbocycles. The first kappa shape index (κ1) is 12.1. The van der Waals surface area contributed by atoms with E-state index in [1.807, 2.05) is 12.1 Å². The quantitative estimate of drug-likeness (QED) is 0.884. The van der Waals surface area contributed by atoms with E-state index >= 15 is 0 Å². The average molecular weight is 259 g/mol. The van der Waals surface area contributed by atoms with Crippen LogP contribution in [0, 0.1) is 0 Å². The van der Waals surface area contributed by atoms with E-state index in [1.165, 1.54) is 17.4 Å². The summed E-state index contributed by atoms with van der Waals surface area (Å²) in [5, 5.41) is 3.03. The first-order valence-electron chi connectivity index (χ1n) is 6.68. The molecular weight excluding hydrogens is 242 g/mol. The molecule has 0 unspecified atom stereocenters. The summed E-state index contributed by atoms with van der Waals surface area (Å²) in [5.41, 5.74) is 2.55. The SMILES string of the molecule is O=C(N[C@H]1CCCc2ccccc21)C1=COCCO1. The highest BCUT2D eigenvalue weighted by molar-refractivity contribution is 5.91. The van der Waals surface area contributed by atoms with Gasteiger partial charge in [0.25, 0.3) is 5.91 Å². The molecule has 1 aromatic rings. The average Bonchev–Trinajstić information content (AvgIpc) is 2.48. The van der Waals surface area contributed by atoms with E-state index in [0.717, 1.165) is 19.3 Å². The van der Waals surface area contributed by atoms with E-state index in [1.54, 1.807) is 0 Å². The fourth-order valence-corrected chi connectivity index (χ4v) is 2.62. The van der Waals surface area contributed by atoms with Crippen LogP contribution in [0.25, 0.3) is 0 Å². The minimum absolute atomic E-state index is 0.0730. The van der Waals surface area contributed by atoms with E-state index in [4.69, 9.17) is 9.47 Å². The highest BCUT2D eigenvalue weighted by atomic mass is 16.6. The standard InChI is InChI=1S/C15H17NO3/c17-15(14-10-18-8-9-19-14)16-13-7-3-5-11-4-1-2-6-12(11)13/h1-2,4,6,10,13H,3,5,7-9H2,(H,16,17)/t13-/m0/s1. The Balaban J connectivity index is 1.74. The lowest BCUT2D eigenvalue weighted by Crippen LogP contribution is -2.33. The number of carbonyl (C=O) groups excluding carboxylic acids is 1. The van der Waals surface area contributed by atoms with Crippen molar-refractivity contribution in [1.82, 2.24) is 5.32 Å². The zero-order chi connectivity index (χ0) is 13.1. The molecule has 1 heterocycles. The molecule has 1 amide bonds. The second kappa shape index (κ2) is 5.34. The monoisotopic (exact) mass is 259 g/mol. The zero-order valence-corrected chi connectivity index (χ0v) is 10.7. The van der Waals surface area contributed by atoms with Crippen LogP contribution in [0.5, 0.6) is 0 Å². The van der Waals surface area contributed by atoms with Gasteiger partial charge in [-0.15, -0.1) is 0 Å². The molecule has 0 saturated carbocycles. The lowest BCUT2D eigenvalue weighted by molar-refractivity contribution is -0.123. The topological polar surface area (TPSA) is 47.6 Å². The number of aryl methyl sites for hydroxylation is 1. The van der Waals surface area contributed by atoms with Gasteiger partial charge in [-0.25, -0.2) is 0 Å². The molecule has 0 saturated heterocycles. The summed E-state index contributed by atoms with van der Waals surface area (Å²) in [4.78, 5) is 12.1. The molecule has 0 bridgehead atoms. The summed E-state index contributed by atoms with van der Waals surface area (Å²) in [7, 11) is 0. The fourth-order valence-electron chi connectivity index (χ4n) is 2.62. The Bertz CT molecular complexity index is 510. The smallest absolute Gasteiger partial charge is 0.290 e. The Labute approximate surface area is 112 Å². The second-order valence-electron chi connectivity index (χ2n) is 4.82. The number of ether oxygens (including phenoxy) is 2. The van der Waals surface area contributed by atoms with Gasteiger partial charge >= 0.3 is 0 Å². The van der Waals surface area contributed by atoms with Crippen molar-refractivity contribution in [2.45, 2.75) is 25.3 Å². The van der Waals surface area contributed by atoms with Gasteiger partial charge in [0.2, 0.25) is 5.76 Å². The Kier molecular flexibility index (Phi) is 3.40. The lowest BCUT2D eigenvalue weighted by Gasteiger charge is -2.27. The van der Waals surface area contributed by atoms with E-state index in [9.17, 15) is 4.79 Å². The normalized spacial score (nSPS) is 21.5. The second-order valence-corrected chi connectivity index (χ2v) is 4.82. The van der Waals surface area contributed by atoms with Gasteiger partial charge in [-0.3, -0.25) is 4.79 Å². The van der Waals surface area contributed by atoms with Crippen molar-refractivity contribution in [1.29, 1.82) is 0 Å². The Morgan fingerprint density at radius 3 is 3.00 bits per heavy atom. The van der Waals surface area contributed by atoms with Crippen LogP contribution >= 0.6 is 0 Å². The number of amides is 1. The van der Waals surface area contributed by atoms with Gasteiger partial charge in [-0.2, -0.15) is 0 Å². The first-order valence-corrected chi connectivity index (χ1v) is 6.68. The van der Waals surface area contributed by atoms with Crippen molar-refractivity contribution in [3.05, 3.63) is 47.4 Å². The summed E-state index contributed by atoms with van der Waals surface area (Å²) in [6.45, 7) is 0.934. The number of fused-ring (bicyclic) bond motifs is 1. The fraction of sp³-hybridized carbons (Fsp3) is 0.400. The van der Waals surface area contributed by atoms with Crippen molar-refractivity contribution in [2.24, 2.45) is 0 Å². The molecule has 4 nitrogen and oxygen atoms in total. The van der Waals surface area contributed by atoms with Crippen molar-refractivity contribution in [3.63, 3.8) is 0 Å². The molecule has 0 fully saturated rings. The maximum absolute atomic E-state index is 12.1. The summed E-state index contributed by atoms with van der Waals surface area (Å²) < 4.78 is 10.4. The number of carbonyl (C=O) groups is 1. The summed E-state index contributed by atoms with van der Waals surface area (Å²) in [6.07, 6.45) is 4.55. The van der Waals surface area contributed by atoms with Crippen LogP contribution in [0.1, 0.15) is 30.0 Å². The zero-order valence-electron chi connectivity index (χ0n) is 10.7. The van der Waals surface area contributed by atoms with Crippen LogP contribution in [0.3, 0.4) is 0 Å². The van der Waals surface area contributed by atoms with Crippen LogP contribution in [0.4, 0.5) is 0 Å². The third-order valence-electron chi connectivity index (χ3n) is 3.55. The predicted octanol–water partition coefficient (Wildman–Crippen LogP) is 2.07. The van der Waals surface area contributed by atoms with Crippen molar-refractivity contribution in [2.75, 3.05) is 13.2 Å². The maximum Gasteiger partial charge on any atom is 0.290 e. The Morgan fingerprint density at radius 1 is 1.26 bits per heavy atom. The van der Waals surface area contributed by atoms with Crippen LogP contribution in [-0.2, 0) is 20.7 Å². The van der Waals surface area contributed by atoms with Crippen LogP contribution in [0.15, 0.2) is 36.3 Å². The highest BCUT2D eigenvalue weighted by Gasteiger charge is 2.24. The Morgan fingerprint density at radius 2 is 2.16 bits per heavy atom. The summed E-state index contributed by atoms with van der Waals surface area (Å²) >= 11 is 0. The van der Waals surface area contributed by atoms with Gasteiger partial charge in [0, 0.05) is 0 Å². The molecule has 3 rings (SSSR count). The molecule has 0 spiro atoms. The van der Waals surface area contributed by atoms with E-state index in [0.29, 0.717) is 13.2 Å². The molecule has 100 valence electrons. The predicted molar refractivity (Wildman–Crippen MR) is 70.3 cm³/mol. The van der Waals surface area contributed by atoms with Crippen molar-refractivity contribution in [3.8, 4) is 0 Å². The Hall–Kier alpha value is -1.97. The third kappa shape index (κ3) is 2.57. The van der Waals surface area contributed by atoms with Crippen LogP contribution in [-0.4, -0.2) is 19.1 Å². The van der Waals surface area contributed by atoms with Crippen LogP contribution < -0.4 is 5.32 Å². The number of nitrogens with one attached hydrogen (secondary N) is 1. The molecule has 1 N–H and O–H groups in total. The molecule has 1 atom stereocenters. The van der Waals surface area contributed by atoms with Crippen molar-refractivity contribution < 1.29 is 14.3 Å². The number of hydrogen-bond acceptors (Lipinski definition) is 3. The molecular formula is C15H17NO3. The van der Waals surface area contributed by atoms with Gasteiger partial charge in [0.05, 0.1) is 6.04 Å². The molecule has 1 aromatic carbocycles. The number of hydrogen-bond donors (Lipinski definition) is 1. The minimum Gasteiger partial charge on any atom is -0.494 e. The molecule has 0 aromatic heterocycles.